The third kappa shape index (κ3) is 4.18. The molecule has 0 radical (unpaired) electrons. The van der Waals surface area contributed by atoms with Crippen molar-refractivity contribution in [3.8, 4) is 0 Å². The Bertz CT molecular complexity index is 525. The maximum Gasteiger partial charge on any atom is 0.246 e. The van der Waals surface area contributed by atoms with Crippen LogP contribution in [0.3, 0.4) is 0 Å². The van der Waals surface area contributed by atoms with Crippen LogP contribution in [0.5, 0.6) is 0 Å². The SMILES string of the molecule is COCc1noc(CNC(=O)Cc2ccccc2)n1. The number of methoxy groups -OCH3 is 1. The molecule has 0 saturated heterocycles. The van der Waals surface area contributed by atoms with E-state index in [1.54, 1.807) is 7.11 Å². The van der Waals surface area contributed by atoms with Gasteiger partial charge in [0.05, 0.1) is 13.0 Å². The molecule has 0 saturated carbocycles. The summed E-state index contributed by atoms with van der Waals surface area (Å²) in [5, 5.41) is 6.43. The van der Waals surface area contributed by atoms with Gasteiger partial charge in [0.1, 0.15) is 6.61 Å². The highest BCUT2D eigenvalue weighted by atomic mass is 16.5. The lowest BCUT2D eigenvalue weighted by atomic mass is 10.1. The lowest BCUT2D eigenvalue weighted by molar-refractivity contribution is -0.120. The fourth-order valence-electron chi connectivity index (χ4n) is 1.57. The monoisotopic (exact) mass is 261 g/mol. The van der Waals surface area contributed by atoms with Gasteiger partial charge in [-0.15, -0.1) is 0 Å². The standard InChI is InChI=1S/C13H15N3O3/c1-18-9-11-15-13(19-16-11)8-14-12(17)7-10-5-3-2-4-6-10/h2-6H,7-9H2,1H3,(H,14,17). The number of amides is 1. The second-order valence-electron chi connectivity index (χ2n) is 3.98. The summed E-state index contributed by atoms with van der Waals surface area (Å²) in [6, 6.07) is 9.53. The molecule has 0 aliphatic heterocycles. The van der Waals surface area contributed by atoms with Gasteiger partial charge in [0.2, 0.25) is 11.8 Å². The number of aromatic nitrogens is 2. The van der Waals surface area contributed by atoms with Crippen LogP contribution < -0.4 is 5.32 Å². The number of carbonyl (C=O) groups excluding carboxylic acids is 1. The zero-order chi connectivity index (χ0) is 13.5. The highest BCUT2D eigenvalue weighted by Gasteiger charge is 2.08. The minimum Gasteiger partial charge on any atom is -0.377 e. The van der Waals surface area contributed by atoms with Crippen LogP contribution in [0.15, 0.2) is 34.9 Å². The van der Waals surface area contributed by atoms with Crippen LogP contribution in [0.2, 0.25) is 0 Å². The van der Waals surface area contributed by atoms with Crippen molar-refractivity contribution in [2.24, 2.45) is 0 Å². The van der Waals surface area contributed by atoms with Gasteiger partial charge in [-0.2, -0.15) is 4.98 Å². The number of nitrogens with one attached hydrogen (secondary N) is 1. The minimum atomic E-state index is -0.0855. The van der Waals surface area contributed by atoms with Gasteiger partial charge < -0.3 is 14.6 Å². The maximum absolute atomic E-state index is 11.7. The summed E-state index contributed by atoms with van der Waals surface area (Å²) in [6.45, 7) is 0.518. The molecule has 0 aliphatic rings. The quantitative estimate of drug-likeness (QED) is 0.841. The Balaban J connectivity index is 1.79. The molecule has 19 heavy (non-hydrogen) atoms. The molecule has 2 rings (SSSR count). The Morgan fingerprint density at radius 2 is 2.16 bits per heavy atom. The molecule has 0 unspecified atom stereocenters. The Morgan fingerprint density at radius 1 is 1.37 bits per heavy atom. The molecule has 2 aromatic rings. The molecule has 0 spiro atoms. The van der Waals surface area contributed by atoms with Crippen LogP contribution in [0.1, 0.15) is 17.3 Å². The Morgan fingerprint density at radius 3 is 2.89 bits per heavy atom. The molecule has 0 fully saturated rings. The van der Waals surface area contributed by atoms with E-state index < -0.39 is 0 Å². The Kier molecular flexibility index (Phi) is 4.63. The van der Waals surface area contributed by atoms with Crippen molar-refractivity contribution < 1.29 is 14.1 Å². The highest BCUT2D eigenvalue weighted by Crippen LogP contribution is 2.01. The molecule has 1 heterocycles. The Labute approximate surface area is 110 Å². The summed E-state index contributed by atoms with van der Waals surface area (Å²) in [5.41, 5.74) is 0.964. The summed E-state index contributed by atoms with van der Waals surface area (Å²) in [7, 11) is 1.55. The third-order valence-electron chi connectivity index (χ3n) is 2.43. The molecule has 0 atom stereocenters. The van der Waals surface area contributed by atoms with Gasteiger partial charge in [0.15, 0.2) is 5.82 Å². The van der Waals surface area contributed by atoms with Gasteiger partial charge >= 0.3 is 0 Å². The van der Waals surface area contributed by atoms with E-state index in [2.05, 4.69) is 15.5 Å². The first-order valence-electron chi connectivity index (χ1n) is 5.89. The molecule has 1 aromatic carbocycles. The number of hydrogen-bond acceptors (Lipinski definition) is 5. The molecular formula is C13H15N3O3. The van der Waals surface area contributed by atoms with Gasteiger partial charge in [-0.1, -0.05) is 35.5 Å². The van der Waals surface area contributed by atoms with Crippen molar-refractivity contribution in [3.63, 3.8) is 0 Å². The zero-order valence-corrected chi connectivity index (χ0v) is 10.6. The van der Waals surface area contributed by atoms with Crippen LogP contribution in [0, 0.1) is 0 Å². The molecule has 0 aliphatic carbocycles. The third-order valence-corrected chi connectivity index (χ3v) is 2.43. The van der Waals surface area contributed by atoms with E-state index in [0.29, 0.717) is 24.7 Å². The molecule has 1 amide bonds. The first-order valence-corrected chi connectivity index (χ1v) is 5.89. The highest BCUT2D eigenvalue weighted by molar-refractivity contribution is 5.78. The van der Waals surface area contributed by atoms with E-state index in [4.69, 9.17) is 9.26 Å². The summed E-state index contributed by atoms with van der Waals surface area (Å²) < 4.78 is 9.84. The van der Waals surface area contributed by atoms with Crippen molar-refractivity contribution in [1.82, 2.24) is 15.5 Å². The predicted molar refractivity (Wildman–Crippen MR) is 67.0 cm³/mol. The van der Waals surface area contributed by atoms with Gasteiger partial charge in [0.25, 0.3) is 0 Å². The number of hydrogen-bond donors (Lipinski definition) is 1. The van der Waals surface area contributed by atoms with Crippen LogP contribution >= 0.6 is 0 Å². The van der Waals surface area contributed by atoms with Gasteiger partial charge in [-0.05, 0) is 5.56 Å². The fraction of sp³-hybridized carbons (Fsp3) is 0.308. The van der Waals surface area contributed by atoms with Crippen molar-refractivity contribution >= 4 is 5.91 Å². The van der Waals surface area contributed by atoms with Crippen LogP contribution in [0.4, 0.5) is 0 Å². The topological polar surface area (TPSA) is 77.3 Å². The van der Waals surface area contributed by atoms with Crippen LogP contribution in [-0.4, -0.2) is 23.2 Å². The molecule has 100 valence electrons. The van der Waals surface area contributed by atoms with Crippen molar-refractivity contribution in [1.29, 1.82) is 0 Å². The van der Waals surface area contributed by atoms with E-state index in [1.165, 1.54) is 0 Å². The maximum atomic E-state index is 11.7. The molecule has 6 nitrogen and oxygen atoms in total. The number of rotatable bonds is 6. The molecule has 6 heteroatoms. The van der Waals surface area contributed by atoms with Gasteiger partial charge in [-0.3, -0.25) is 4.79 Å². The minimum absolute atomic E-state index is 0.0855. The average Bonchev–Trinajstić information content (AvgIpc) is 2.86. The second kappa shape index (κ2) is 6.65. The summed E-state index contributed by atoms with van der Waals surface area (Å²) in [5.74, 6) is 0.751. The summed E-state index contributed by atoms with van der Waals surface area (Å²) in [6.07, 6.45) is 0.333. The van der Waals surface area contributed by atoms with E-state index in [0.717, 1.165) is 5.56 Å². The smallest absolute Gasteiger partial charge is 0.246 e. The average molecular weight is 261 g/mol. The van der Waals surface area contributed by atoms with E-state index >= 15 is 0 Å². The lowest BCUT2D eigenvalue weighted by Crippen LogP contribution is -2.24. The molecule has 1 N–H and O–H groups in total. The van der Waals surface area contributed by atoms with Crippen LogP contribution in [0.25, 0.3) is 0 Å². The first-order chi connectivity index (χ1) is 9.28. The first kappa shape index (κ1) is 13.2. The summed E-state index contributed by atoms with van der Waals surface area (Å²) in [4.78, 5) is 15.8. The van der Waals surface area contributed by atoms with E-state index in [9.17, 15) is 4.79 Å². The van der Waals surface area contributed by atoms with E-state index in [-0.39, 0.29) is 12.5 Å². The zero-order valence-electron chi connectivity index (χ0n) is 10.6. The molecule has 1 aromatic heterocycles. The largest absolute Gasteiger partial charge is 0.377 e. The van der Waals surface area contributed by atoms with Crippen molar-refractivity contribution in [3.05, 3.63) is 47.6 Å². The van der Waals surface area contributed by atoms with E-state index in [1.807, 2.05) is 30.3 Å². The lowest BCUT2D eigenvalue weighted by Gasteiger charge is -2.02. The number of benzene rings is 1. The van der Waals surface area contributed by atoms with Gasteiger partial charge in [-0.25, -0.2) is 0 Å². The molecule has 0 bridgehead atoms. The Hall–Kier alpha value is -2.21. The van der Waals surface area contributed by atoms with Crippen LogP contribution in [-0.2, 0) is 29.1 Å². The number of ether oxygens (including phenoxy) is 1. The molecular weight excluding hydrogens is 246 g/mol. The van der Waals surface area contributed by atoms with Gasteiger partial charge in [0, 0.05) is 7.11 Å². The van der Waals surface area contributed by atoms with Crippen molar-refractivity contribution in [2.75, 3.05) is 7.11 Å². The fourth-order valence-corrected chi connectivity index (χ4v) is 1.57. The number of nitrogens with zero attached hydrogens (tertiary/aromatic N) is 2. The second-order valence-corrected chi connectivity index (χ2v) is 3.98. The van der Waals surface area contributed by atoms with Crippen molar-refractivity contribution in [2.45, 2.75) is 19.6 Å². The normalized spacial score (nSPS) is 10.4. The summed E-state index contributed by atoms with van der Waals surface area (Å²) >= 11 is 0. The number of carbonyl (C=O) groups is 1. The predicted octanol–water partition coefficient (Wildman–Crippen LogP) is 1.07.